The van der Waals surface area contributed by atoms with Gasteiger partial charge in [-0.3, -0.25) is 4.98 Å². The van der Waals surface area contributed by atoms with Gasteiger partial charge in [0.25, 0.3) is 0 Å². The van der Waals surface area contributed by atoms with Crippen molar-refractivity contribution >= 4 is 28.2 Å². The van der Waals surface area contributed by atoms with Crippen molar-refractivity contribution < 1.29 is 9.90 Å². The highest BCUT2D eigenvalue weighted by molar-refractivity contribution is 6.07. The molecule has 5 nitrogen and oxygen atoms in total. The van der Waals surface area contributed by atoms with E-state index in [2.05, 4.69) is 15.6 Å². The first-order chi connectivity index (χ1) is 10.2. The van der Waals surface area contributed by atoms with Gasteiger partial charge in [-0.15, -0.1) is 0 Å². The third-order valence-electron chi connectivity index (χ3n) is 3.09. The normalized spacial score (nSPS) is 10.3. The van der Waals surface area contributed by atoms with Crippen LogP contribution in [0.4, 0.5) is 16.2 Å². The molecule has 2 aromatic carbocycles. The molecule has 5 heteroatoms. The fourth-order valence-corrected chi connectivity index (χ4v) is 2.12. The number of rotatable bonds is 2. The molecule has 0 aliphatic heterocycles. The maximum absolute atomic E-state index is 12.0. The first-order valence-electron chi connectivity index (χ1n) is 6.43. The van der Waals surface area contributed by atoms with Gasteiger partial charge in [-0.2, -0.15) is 0 Å². The minimum atomic E-state index is -0.350. The number of carbonyl (C=O) groups excluding carboxylic acids is 1. The number of benzene rings is 2. The molecule has 0 aliphatic rings. The third-order valence-corrected chi connectivity index (χ3v) is 3.09. The van der Waals surface area contributed by atoms with Gasteiger partial charge >= 0.3 is 6.03 Å². The molecule has 0 bridgehead atoms. The second-order valence-electron chi connectivity index (χ2n) is 4.49. The summed E-state index contributed by atoms with van der Waals surface area (Å²) in [6, 6.07) is 13.6. The van der Waals surface area contributed by atoms with Crippen molar-refractivity contribution in [3.63, 3.8) is 0 Å². The second kappa shape index (κ2) is 5.50. The highest BCUT2D eigenvalue weighted by Gasteiger charge is 2.07. The van der Waals surface area contributed by atoms with Crippen molar-refractivity contribution in [3.8, 4) is 5.75 Å². The molecule has 0 unspecified atom stereocenters. The Labute approximate surface area is 121 Å². The Kier molecular flexibility index (Phi) is 3.39. The van der Waals surface area contributed by atoms with E-state index in [0.29, 0.717) is 16.8 Å². The predicted molar refractivity (Wildman–Crippen MR) is 82.5 cm³/mol. The van der Waals surface area contributed by atoms with Gasteiger partial charge in [-0.25, -0.2) is 4.79 Å². The van der Waals surface area contributed by atoms with Crippen molar-refractivity contribution in [1.82, 2.24) is 4.98 Å². The van der Waals surface area contributed by atoms with Gasteiger partial charge < -0.3 is 15.7 Å². The van der Waals surface area contributed by atoms with Crippen LogP contribution in [0.2, 0.25) is 0 Å². The van der Waals surface area contributed by atoms with Crippen LogP contribution in [-0.2, 0) is 0 Å². The van der Waals surface area contributed by atoms with E-state index >= 15 is 0 Å². The zero-order valence-electron chi connectivity index (χ0n) is 11.1. The fraction of sp³-hybridized carbons (Fsp3) is 0. The zero-order chi connectivity index (χ0) is 14.7. The fourth-order valence-electron chi connectivity index (χ4n) is 2.12. The van der Waals surface area contributed by atoms with E-state index in [1.165, 1.54) is 0 Å². The molecule has 0 saturated heterocycles. The van der Waals surface area contributed by atoms with E-state index in [9.17, 15) is 9.90 Å². The lowest BCUT2D eigenvalue weighted by Gasteiger charge is -2.10. The van der Waals surface area contributed by atoms with Crippen molar-refractivity contribution in [2.24, 2.45) is 0 Å². The standard InChI is InChI=1S/C16H13N3O2/c20-15-6-2-3-12-13(15)4-1-5-14(12)19-16(21)18-11-7-9-17-10-8-11/h1-10,20H,(H2,17,18,19,21). The topological polar surface area (TPSA) is 74.2 Å². The Bertz CT molecular complexity index is 788. The molecule has 0 atom stereocenters. The first kappa shape index (κ1) is 12.9. The summed E-state index contributed by atoms with van der Waals surface area (Å²) >= 11 is 0. The summed E-state index contributed by atoms with van der Waals surface area (Å²) < 4.78 is 0. The third kappa shape index (κ3) is 2.76. The van der Waals surface area contributed by atoms with Crippen LogP contribution in [0.15, 0.2) is 60.9 Å². The molecule has 3 rings (SSSR count). The zero-order valence-corrected chi connectivity index (χ0v) is 11.1. The minimum absolute atomic E-state index is 0.186. The van der Waals surface area contributed by atoms with E-state index < -0.39 is 0 Å². The van der Waals surface area contributed by atoms with E-state index in [1.807, 2.05) is 6.07 Å². The molecular formula is C16H13N3O2. The summed E-state index contributed by atoms with van der Waals surface area (Å²) in [5.74, 6) is 0.186. The summed E-state index contributed by atoms with van der Waals surface area (Å²) in [6.07, 6.45) is 3.21. The van der Waals surface area contributed by atoms with Crippen LogP contribution in [0.3, 0.4) is 0 Å². The lowest BCUT2D eigenvalue weighted by molar-refractivity contribution is 0.262. The van der Waals surface area contributed by atoms with E-state index in [1.54, 1.807) is 54.9 Å². The number of fused-ring (bicyclic) bond motifs is 1. The highest BCUT2D eigenvalue weighted by Crippen LogP contribution is 2.29. The molecule has 0 aliphatic carbocycles. The summed E-state index contributed by atoms with van der Waals surface area (Å²) in [6.45, 7) is 0. The molecule has 104 valence electrons. The number of urea groups is 1. The molecule has 2 amide bonds. The van der Waals surface area contributed by atoms with Gasteiger partial charge in [0.2, 0.25) is 0 Å². The number of nitrogens with zero attached hydrogens (tertiary/aromatic N) is 1. The molecule has 3 aromatic rings. The number of hydrogen-bond donors (Lipinski definition) is 3. The molecular weight excluding hydrogens is 266 g/mol. The number of pyridine rings is 1. The Morgan fingerprint density at radius 2 is 1.62 bits per heavy atom. The van der Waals surface area contributed by atoms with Crippen molar-refractivity contribution in [2.75, 3.05) is 10.6 Å². The van der Waals surface area contributed by atoms with Crippen molar-refractivity contribution in [1.29, 1.82) is 0 Å². The van der Waals surface area contributed by atoms with Crippen molar-refractivity contribution in [3.05, 3.63) is 60.9 Å². The summed E-state index contributed by atoms with van der Waals surface area (Å²) in [7, 11) is 0. The Morgan fingerprint density at radius 1 is 0.905 bits per heavy atom. The number of amides is 2. The van der Waals surface area contributed by atoms with E-state index in [-0.39, 0.29) is 11.8 Å². The lowest BCUT2D eigenvalue weighted by atomic mass is 10.1. The summed E-state index contributed by atoms with van der Waals surface area (Å²) in [5.41, 5.74) is 1.29. The molecule has 0 radical (unpaired) electrons. The number of hydrogen-bond acceptors (Lipinski definition) is 3. The Morgan fingerprint density at radius 3 is 2.43 bits per heavy atom. The number of aromatic nitrogens is 1. The number of phenols is 1. The number of phenolic OH excluding ortho intramolecular Hbond substituents is 1. The van der Waals surface area contributed by atoms with Crippen LogP contribution in [0.5, 0.6) is 5.75 Å². The number of anilines is 2. The molecule has 21 heavy (non-hydrogen) atoms. The van der Waals surface area contributed by atoms with Gasteiger partial charge in [-0.1, -0.05) is 24.3 Å². The summed E-state index contributed by atoms with van der Waals surface area (Å²) in [4.78, 5) is 15.9. The molecule has 1 aromatic heterocycles. The molecule has 0 spiro atoms. The van der Waals surface area contributed by atoms with Crippen LogP contribution >= 0.6 is 0 Å². The van der Waals surface area contributed by atoms with Gasteiger partial charge in [-0.05, 0) is 24.3 Å². The Balaban J connectivity index is 1.85. The number of carbonyl (C=O) groups is 1. The SMILES string of the molecule is O=C(Nc1ccncc1)Nc1cccc2c(O)cccc12. The van der Waals surface area contributed by atoms with Crippen LogP contribution in [0.1, 0.15) is 0 Å². The second-order valence-corrected chi connectivity index (χ2v) is 4.49. The highest BCUT2D eigenvalue weighted by atomic mass is 16.3. The van der Waals surface area contributed by atoms with E-state index in [4.69, 9.17) is 0 Å². The molecule has 1 heterocycles. The maximum Gasteiger partial charge on any atom is 0.323 e. The maximum atomic E-state index is 12.0. The smallest absolute Gasteiger partial charge is 0.323 e. The van der Waals surface area contributed by atoms with Gasteiger partial charge in [0.15, 0.2) is 0 Å². The molecule has 3 N–H and O–H groups in total. The average molecular weight is 279 g/mol. The molecule has 0 saturated carbocycles. The van der Waals surface area contributed by atoms with Crippen LogP contribution < -0.4 is 10.6 Å². The Hall–Kier alpha value is -3.08. The van der Waals surface area contributed by atoms with Gasteiger partial charge in [0.05, 0.1) is 5.69 Å². The largest absolute Gasteiger partial charge is 0.507 e. The minimum Gasteiger partial charge on any atom is -0.507 e. The molecule has 0 fully saturated rings. The van der Waals surface area contributed by atoms with Crippen LogP contribution in [0.25, 0.3) is 10.8 Å². The first-order valence-corrected chi connectivity index (χ1v) is 6.43. The quantitative estimate of drug-likeness (QED) is 0.671. The predicted octanol–water partition coefficient (Wildman–Crippen LogP) is 3.58. The van der Waals surface area contributed by atoms with Gasteiger partial charge in [0, 0.05) is 28.9 Å². The van der Waals surface area contributed by atoms with Crippen LogP contribution in [0, 0.1) is 0 Å². The monoisotopic (exact) mass is 279 g/mol. The lowest BCUT2D eigenvalue weighted by Crippen LogP contribution is -2.19. The number of aromatic hydroxyl groups is 1. The van der Waals surface area contributed by atoms with Crippen LogP contribution in [-0.4, -0.2) is 16.1 Å². The summed E-state index contributed by atoms with van der Waals surface area (Å²) in [5, 5.41) is 16.8. The van der Waals surface area contributed by atoms with Gasteiger partial charge in [0.1, 0.15) is 5.75 Å². The van der Waals surface area contributed by atoms with E-state index in [0.717, 1.165) is 5.39 Å². The average Bonchev–Trinajstić information content (AvgIpc) is 2.49. The number of nitrogens with one attached hydrogen (secondary N) is 2. The van der Waals surface area contributed by atoms with Crippen molar-refractivity contribution in [2.45, 2.75) is 0 Å².